The fourth-order valence-electron chi connectivity index (χ4n) is 3.53. The minimum atomic E-state index is -0.578. The van der Waals surface area contributed by atoms with Crippen LogP contribution in [0.25, 0.3) is 11.0 Å². The lowest BCUT2D eigenvalue weighted by Crippen LogP contribution is -2.50. The highest BCUT2D eigenvalue weighted by Gasteiger charge is 2.49. The molecule has 0 radical (unpaired) electrons. The predicted molar refractivity (Wildman–Crippen MR) is 93.8 cm³/mol. The van der Waals surface area contributed by atoms with Crippen molar-refractivity contribution in [2.75, 3.05) is 25.2 Å². The van der Waals surface area contributed by atoms with Crippen LogP contribution in [0.1, 0.15) is 12.8 Å². The third-order valence-corrected chi connectivity index (χ3v) is 5.23. The van der Waals surface area contributed by atoms with Gasteiger partial charge in [-0.3, -0.25) is 9.59 Å². The highest BCUT2D eigenvalue weighted by molar-refractivity contribution is 7.00. The Morgan fingerprint density at radius 2 is 2.23 bits per heavy atom. The Hall–Kier alpha value is -2.59. The smallest absolute Gasteiger partial charge is 0.332 e. The van der Waals surface area contributed by atoms with Gasteiger partial charge >= 0.3 is 6.03 Å². The largest absolute Gasteiger partial charge is 0.375 e. The number of nitrogens with one attached hydrogen (secondary N) is 1. The van der Waals surface area contributed by atoms with E-state index in [4.69, 9.17) is 4.74 Å². The van der Waals surface area contributed by atoms with Crippen molar-refractivity contribution in [1.29, 1.82) is 0 Å². The molecule has 3 heterocycles. The Bertz CT molecular complexity index is 884. The molecular formula is C16H17N5O4S. The quantitative estimate of drug-likeness (QED) is 0.791. The van der Waals surface area contributed by atoms with Gasteiger partial charge in [0.1, 0.15) is 23.7 Å². The molecule has 2 aliphatic rings. The molecule has 2 aliphatic heterocycles. The average molecular weight is 375 g/mol. The summed E-state index contributed by atoms with van der Waals surface area (Å²) in [6.07, 6.45) is 0.989. The summed E-state index contributed by atoms with van der Waals surface area (Å²) in [5, 5.41) is 2.85. The number of carbonyl (C=O) groups excluding carboxylic acids is 3. The van der Waals surface area contributed by atoms with Crippen molar-refractivity contribution in [2.45, 2.75) is 24.9 Å². The summed E-state index contributed by atoms with van der Waals surface area (Å²) < 4.78 is 13.2. The van der Waals surface area contributed by atoms with Crippen molar-refractivity contribution in [3.63, 3.8) is 0 Å². The van der Waals surface area contributed by atoms with Crippen LogP contribution in [-0.4, -0.2) is 63.8 Å². The molecule has 0 bridgehead atoms. The van der Waals surface area contributed by atoms with E-state index in [1.807, 2.05) is 0 Å². The molecule has 2 fully saturated rings. The number of nitrogens with zero attached hydrogens (tertiary/aromatic N) is 4. The molecular weight excluding hydrogens is 358 g/mol. The van der Waals surface area contributed by atoms with Crippen molar-refractivity contribution in [1.82, 2.24) is 19.0 Å². The molecule has 1 aromatic carbocycles. The molecule has 0 spiro atoms. The van der Waals surface area contributed by atoms with E-state index in [-0.39, 0.29) is 30.5 Å². The van der Waals surface area contributed by atoms with E-state index in [1.54, 1.807) is 23.1 Å². The molecule has 0 aliphatic carbocycles. The van der Waals surface area contributed by atoms with Gasteiger partial charge in [-0.15, -0.1) is 0 Å². The number of fused-ring (bicyclic) bond motifs is 2. The number of rotatable bonds is 4. The van der Waals surface area contributed by atoms with Crippen LogP contribution in [0.2, 0.25) is 0 Å². The minimum absolute atomic E-state index is 0.0251. The van der Waals surface area contributed by atoms with Crippen molar-refractivity contribution in [2.24, 2.45) is 0 Å². The first-order valence-electron chi connectivity index (χ1n) is 8.24. The number of imide groups is 1. The second kappa shape index (κ2) is 6.61. The number of methoxy groups -OCH3 is 1. The number of aromatic nitrogens is 2. The summed E-state index contributed by atoms with van der Waals surface area (Å²) in [6.45, 7) is 0.387. The van der Waals surface area contributed by atoms with Crippen molar-refractivity contribution >= 4 is 46.3 Å². The van der Waals surface area contributed by atoms with Gasteiger partial charge in [0.2, 0.25) is 5.91 Å². The number of anilines is 1. The van der Waals surface area contributed by atoms with Crippen LogP contribution in [0.3, 0.4) is 0 Å². The minimum Gasteiger partial charge on any atom is -0.375 e. The normalized spacial score (nSPS) is 22.8. The Labute approximate surface area is 153 Å². The molecule has 0 unspecified atom stereocenters. The lowest BCUT2D eigenvalue weighted by Gasteiger charge is -2.32. The summed E-state index contributed by atoms with van der Waals surface area (Å²) >= 11 is 1.04. The van der Waals surface area contributed by atoms with Gasteiger partial charge in [0.05, 0.1) is 17.4 Å². The number of piperidine rings is 1. The number of carbonyl (C=O) groups is 3. The van der Waals surface area contributed by atoms with Crippen molar-refractivity contribution in [3.8, 4) is 0 Å². The standard InChI is InChI=1S/C16H17N5O4S/c1-25-8-13(22)17-9-5-6-20-12(7-9)15(23)21(16(20)24)11-4-2-3-10-14(11)19-26-18-10/h2-4,9,12H,5-8H2,1H3,(H,17,22)/t9-,12+/m1/s1. The Balaban J connectivity index is 1.58. The molecule has 4 rings (SSSR count). The van der Waals surface area contributed by atoms with Gasteiger partial charge in [0.25, 0.3) is 5.91 Å². The zero-order chi connectivity index (χ0) is 18.3. The van der Waals surface area contributed by atoms with Gasteiger partial charge in [0.15, 0.2) is 0 Å². The summed E-state index contributed by atoms with van der Waals surface area (Å²) in [4.78, 5) is 40.3. The summed E-state index contributed by atoms with van der Waals surface area (Å²) in [5.41, 5.74) is 1.66. The Kier molecular flexibility index (Phi) is 4.29. The maximum absolute atomic E-state index is 13.0. The zero-order valence-corrected chi connectivity index (χ0v) is 14.9. The fraction of sp³-hybridized carbons (Fsp3) is 0.438. The second-order valence-corrected chi connectivity index (χ2v) is 6.82. The van der Waals surface area contributed by atoms with E-state index in [0.717, 1.165) is 11.7 Å². The van der Waals surface area contributed by atoms with Crippen LogP contribution in [0.5, 0.6) is 0 Å². The molecule has 2 saturated heterocycles. The van der Waals surface area contributed by atoms with Crippen LogP contribution < -0.4 is 10.2 Å². The molecule has 10 heteroatoms. The highest BCUT2D eigenvalue weighted by atomic mass is 32.1. The molecule has 1 N–H and O–H groups in total. The lowest BCUT2D eigenvalue weighted by molar-refractivity contribution is -0.127. The van der Waals surface area contributed by atoms with Crippen LogP contribution in [0.15, 0.2) is 18.2 Å². The zero-order valence-electron chi connectivity index (χ0n) is 14.0. The van der Waals surface area contributed by atoms with E-state index in [9.17, 15) is 14.4 Å². The summed E-state index contributed by atoms with van der Waals surface area (Å²) in [5.74, 6) is -0.515. The van der Waals surface area contributed by atoms with Crippen LogP contribution in [0.4, 0.5) is 10.5 Å². The van der Waals surface area contributed by atoms with E-state index < -0.39 is 6.04 Å². The number of hydrogen-bond donors (Lipinski definition) is 1. The van der Waals surface area contributed by atoms with E-state index in [1.165, 1.54) is 12.0 Å². The van der Waals surface area contributed by atoms with Crippen molar-refractivity contribution in [3.05, 3.63) is 18.2 Å². The second-order valence-electron chi connectivity index (χ2n) is 6.30. The number of hydrogen-bond acceptors (Lipinski definition) is 7. The SMILES string of the molecule is COCC(=O)N[C@@H]1CCN2C(=O)N(c3cccc4nsnc34)C(=O)[C@@H]2C1. The van der Waals surface area contributed by atoms with Gasteiger partial charge in [-0.05, 0) is 25.0 Å². The first-order chi connectivity index (χ1) is 12.6. The van der Waals surface area contributed by atoms with Gasteiger partial charge < -0.3 is 15.0 Å². The molecule has 4 amide bonds. The van der Waals surface area contributed by atoms with Gasteiger partial charge in [-0.2, -0.15) is 8.75 Å². The maximum Gasteiger partial charge on any atom is 0.332 e. The van der Waals surface area contributed by atoms with Crippen molar-refractivity contribution < 1.29 is 19.1 Å². The Morgan fingerprint density at radius 3 is 3.04 bits per heavy atom. The van der Waals surface area contributed by atoms with Gasteiger partial charge in [-0.1, -0.05) is 6.07 Å². The Morgan fingerprint density at radius 1 is 1.38 bits per heavy atom. The maximum atomic E-state index is 13.0. The first kappa shape index (κ1) is 16.9. The van der Waals surface area contributed by atoms with Crippen LogP contribution in [-0.2, 0) is 14.3 Å². The number of urea groups is 1. The topological polar surface area (TPSA) is 105 Å². The average Bonchev–Trinajstić information content (AvgIpc) is 3.19. The fourth-order valence-corrected chi connectivity index (χ4v) is 4.07. The highest BCUT2D eigenvalue weighted by Crippen LogP contribution is 2.34. The number of ether oxygens (including phenoxy) is 1. The third-order valence-electron chi connectivity index (χ3n) is 4.69. The third kappa shape index (κ3) is 2.71. The monoisotopic (exact) mass is 375 g/mol. The van der Waals surface area contributed by atoms with Crippen LogP contribution in [0, 0.1) is 0 Å². The van der Waals surface area contributed by atoms with E-state index in [0.29, 0.717) is 36.1 Å². The first-order valence-corrected chi connectivity index (χ1v) is 8.97. The van der Waals surface area contributed by atoms with E-state index in [2.05, 4.69) is 14.1 Å². The molecule has 2 aromatic rings. The molecule has 2 atom stereocenters. The molecule has 136 valence electrons. The lowest BCUT2D eigenvalue weighted by atomic mass is 9.98. The number of amides is 4. The molecule has 9 nitrogen and oxygen atoms in total. The van der Waals surface area contributed by atoms with Crippen LogP contribution >= 0.6 is 11.7 Å². The summed E-state index contributed by atoms with van der Waals surface area (Å²) in [6, 6.07) is 4.17. The molecule has 1 aromatic heterocycles. The number of benzene rings is 1. The predicted octanol–water partition coefficient (Wildman–Crippen LogP) is 0.754. The van der Waals surface area contributed by atoms with Gasteiger partial charge in [-0.25, -0.2) is 9.69 Å². The summed E-state index contributed by atoms with van der Waals surface area (Å²) in [7, 11) is 1.45. The van der Waals surface area contributed by atoms with E-state index >= 15 is 0 Å². The van der Waals surface area contributed by atoms with Gasteiger partial charge in [0, 0.05) is 19.7 Å². The molecule has 0 saturated carbocycles. The molecule has 26 heavy (non-hydrogen) atoms.